The van der Waals surface area contributed by atoms with Crippen LogP contribution in [0.4, 0.5) is 0 Å². The van der Waals surface area contributed by atoms with Crippen molar-refractivity contribution in [3.05, 3.63) is 71.8 Å². The number of rotatable bonds is 2. The molecule has 0 spiro atoms. The van der Waals surface area contributed by atoms with Crippen LogP contribution in [0.15, 0.2) is 60.7 Å². The van der Waals surface area contributed by atoms with Crippen LogP contribution in [-0.4, -0.2) is 0 Å². The van der Waals surface area contributed by atoms with Crippen LogP contribution < -0.4 is 59.1 Å². The molecule has 0 amide bonds. The predicted molar refractivity (Wildman–Crippen MR) is 61.6 cm³/mol. The van der Waals surface area contributed by atoms with Crippen LogP contribution in [0.1, 0.15) is 16.8 Å². The molecule has 0 nitrogen and oxygen atoms in total. The van der Waals surface area contributed by atoms with Gasteiger partial charge in [0.15, 0.2) is 0 Å². The fourth-order valence-electron chi connectivity index (χ4n) is 1.46. The van der Waals surface area contributed by atoms with Gasteiger partial charge in [-0.25, -0.2) is 0 Å². The number of hydrogen-bond donors (Lipinski definition) is 0. The first-order chi connectivity index (χ1) is 6.88. The third-order valence-electron chi connectivity index (χ3n) is 2.23. The molecule has 70 valence electrons. The minimum absolute atomic E-state index is 0. The Labute approximate surface area is 144 Å². The number of hydrogen-bond acceptors (Lipinski definition) is 0. The first-order valence-corrected chi connectivity index (χ1v) is 5.17. The van der Waals surface area contributed by atoms with Gasteiger partial charge in [-0.15, -0.1) is 0 Å². The van der Waals surface area contributed by atoms with E-state index in [2.05, 4.69) is 33.5 Å². The molecule has 2 rings (SSSR count). The molecule has 0 unspecified atom stereocenters. The van der Waals surface area contributed by atoms with Gasteiger partial charge in [-0.05, 0) is 0 Å². The maximum absolute atomic E-state index is 4.61. The van der Waals surface area contributed by atoms with Crippen LogP contribution in [0.2, 0.25) is 0 Å². The summed E-state index contributed by atoms with van der Waals surface area (Å²) in [5.74, 6) is 0. The minimum Gasteiger partial charge on any atom is -1.48 e. The van der Waals surface area contributed by atoms with Gasteiger partial charge in [-0.3, -0.25) is 0 Å². The maximum Gasteiger partial charge on any atom is 1.00 e. The first kappa shape index (κ1) is 16.9. The largest absolute Gasteiger partial charge is 1.48 e. The Balaban J connectivity index is 0.00000112. The van der Waals surface area contributed by atoms with Gasteiger partial charge in [0.05, 0.1) is 0 Å². The number of benzene rings is 2. The second-order valence-electron chi connectivity index (χ2n) is 3.22. The Morgan fingerprint density at radius 2 is 0.938 bits per heavy atom. The van der Waals surface area contributed by atoms with E-state index >= 15 is 0 Å². The molecule has 2 aromatic carbocycles. The van der Waals surface area contributed by atoms with Gasteiger partial charge >= 0.3 is 59.1 Å². The first-order valence-electron chi connectivity index (χ1n) is 4.66. The van der Waals surface area contributed by atoms with Crippen LogP contribution in [-0.2, 0) is 0 Å². The van der Waals surface area contributed by atoms with Crippen molar-refractivity contribution in [2.24, 2.45) is 0 Å². The van der Waals surface area contributed by atoms with Crippen molar-refractivity contribution in [2.75, 3.05) is 0 Å². The summed E-state index contributed by atoms with van der Waals surface area (Å²) in [4.78, 5) is 0. The van der Waals surface area contributed by atoms with Gasteiger partial charge in [0.25, 0.3) is 0 Å². The van der Waals surface area contributed by atoms with E-state index in [0.717, 1.165) is 0 Å². The van der Waals surface area contributed by atoms with Crippen LogP contribution in [0, 0.1) is 0 Å². The van der Waals surface area contributed by atoms with E-state index in [-0.39, 0.29) is 64.8 Å². The Hall–Kier alpha value is 0.870. The zero-order valence-corrected chi connectivity index (χ0v) is 14.7. The third-order valence-corrected chi connectivity index (χ3v) is 2.83. The predicted octanol–water partition coefficient (Wildman–Crippen LogP) is -1.81. The van der Waals surface area contributed by atoms with E-state index in [1.165, 1.54) is 11.1 Å². The Kier molecular flexibility index (Phi) is 9.37. The molecule has 0 aliphatic carbocycles. The van der Waals surface area contributed by atoms with Gasteiger partial charge in [-0.2, -0.15) is 0 Å². The second kappa shape index (κ2) is 8.89. The topological polar surface area (TPSA) is 0 Å². The summed E-state index contributed by atoms with van der Waals surface area (Å²) in [5, 5.41) is 0. The quantitative estimate of drug-likeness (QED) is 0.432. The van der Waals surface area contributed by atoms with E-state index in [1.807, 2.05) is 36.4 Å². The molecule has 0 atom stereocenters. The molecule has 0 aliphatic rings. The standard InChI is InChI=1S/C13H11P.2Na/c14-13(11-7-3-1-4-8-11)12-9-5-2-6-10-12;;/h1-10,13H;;/q-2;2*+1. The Morgan fingerprint density at radius 1 is 0.625 bits per heavy atom. The summed E-state index contributed by atoms with van der Waals surface area (Å²) in [6.45, 7) is 0. The van der Waals surface area contributed by atoms with Crippen molar-refractivity contribution in [1.29, 1.82) is 0 Å². The fourth-order valence-corrected chi connectivity index (χ4v) is 1.81. The van der Waals surface area contributed by atoms with Crippen molar-refractivity contribution in [1.82, 2.24) is 0 Å². The van der Waals surface area contributed by atoms with Crippen molar-refractivity contribution in [3.8, 4) is 0 Å². The fraction of sp³-hybridized carbons (Fsp3) is 0.0769. The summed E-state index contributed by atoms with van der Waals surface area (Å²) >= 11 is 0. The smallest absolute Gasteiger partial charge is 1.00 e. The second-order valence-corrected chi connectivity index (χ2v) is 3.74. The minimum atomic E-state index is 0. The molecule has 2 aromatic rings. The molecule has 0 radical (unpaired) electrons. The molecule has 0 aromatic heterocycles. The van der Waals surface area contributed by atoms with Gasteiger partial charge in [-0.1, -0.05) is 71.8 Å². The molecule has 3 heteroatoms. The summed E-state index contributed by atoms with van der Waals surface area (Å²) < 4.78 is 0. The van der Waals surface area contributed by atoms with Gasteiger partial charge < -0.3 is 14.9 Å². The summed E-state index contributed by atoms with van der Waals surface area (Å²) in [7, 11) is 4.61. The molecule has 0 heterocycles. The van der Waals surface area contributed by atoms with Crippen LogP contribution in [0.3, 0.4) is 0 Å². The zero-order valence-electron chi connectivity index (χ0n) is 9.80. The molecule has 0 saturated heterocycles. The monoisotopic (exact) mass is 244 g/mol. The van der Waals surface area contributed by atoms with Crippen LogP contribution >= 0.6 is 9.24 Å². The SMILES string of the molecule is [Na+].[Na+].[P-2]C(c1ccccc1)c1ccccc1. The molecular formula is C13H11Na2P. The summed E-state index contributed by atoms with van der Waals surface area (Å²) in [6.07, 6.45) is 0. The van der Waals surface area contributed by atoms with Gasteiger partial charge in [0.2, 0.25) is 0 Å². The molecule has 0 bridgehead atoms. The van der Waals surface area contributed by atoms with Crippen molar-refractivity contribution in [3.63, 3.8) is 0 Å². The molecule has 16 heavy (non-hydrogen) atoms. The molecule has 0 saturated carbocycles. The van der Waals surface area contributed by atoms with E-state index < -0.39 is 0 Å². The summed E-state index contributed by atoms with van der Waals surface area (Å²) in [5.41, 5.74) is 2.65. The van der Waals surface area contributed by atoms with E-state index in [0.29, 0.717) is 0 Å². The van der Waals surface area contributed by atoms with Crippen molar-refractivity contribution < 1.29 is 59.1 Å². The Bertz CT molecular complexity index is 350. The van der Waals surface area contributed by atoms with Crippen molar-refractivity contribution in [2.45, 2.75) is 5.66 Å². The van der Waals surface area contributed by atoms with E-state index in [9.17, 15) is 0 Å². The summed E-state index contributed by atoms with van der Waals surface area (Å²) in [6, 6.07) is 20.6. The molecule has 0 N–H and O–H groups in total. The van der Waals surface area contributed by atoms with Gasteiger partial charge in [0.1, 0.15) is 0 Å². The van der Waals surface area contributed by atoms with E-state index in [1.54, 1.807) is 0 Å². The van der Waals surface area contributed by atoms with Crippen LogP contribution in [0.25, 0.3) is 0 Å². The average Bonchev–Trinajstić information content (AvgIpc) is 2.30. The normalized spacial score (nSPS) is 9.12. The Morgan fingerprint density at radius 3 is 1.25 bits per heavy atom. The zero-order chi connectivity index (χ0) is 9.80. The van der Waals surface area contributed by atoms with Crippen LogP contribution in [0.5, 0.6) is 0 Å². The average molecular weight is 244 g/mol. The van der Waals surface area contributed by atoms with E-state index in [4.69, 9.17) is 0 Å². The third kappa shape index (κ3) is 4.63. The maximum atomic E-state index is 4.61. The molecular weight excluding hydrogens is 233 g/mol. The van der Waals surface area contributed by atoms with Crippen molar-refractivity contribution >= 4 is 9.24 Å². The molecule has 0 aliphatic heterocycles. The van der Waals surface area contributed by atoms with Gasteiger partial charge in [0, 0.05) is 0 Å². The molecule has 0 fully saturated rings.